The van der Waals surface area contributed by atoms with Crippen molar-refractivity contribution in [2.45, 2.75) is 12.3 Å². The lowest BCUT2D eigenvalue weighted by atomic mass is 10.1. The quantitative estimate of drug-likeness (QED) is 0.631. The van der Waals surface area contributed by atoms with E-state index < -0.39 is 0 Å². The van der Waals surface area contributed by atoms with Crippen molar-refractivity contribution in [3.8, 4) is 5.88 Å². The van der Waals surface area contributed by atoms with Gasteiger partial charge in [-0.15, -0.1) is 0 Å². The second-order valence-corrected chi connectivity index (χ2v) is 4.77. The lowest BCUT2D eigenvalue weighted by Gasteiger charge is -2.10. The molecule has 0 aliphatic heterocycles. The van der Waals surface area contributed by atoms with E-state index in [0.29, 0.717) is 27.3 Å². The molecule has 0 radical (unpaired) electrons. The smallest absolute Gasteiger partial charge is 0.219 e. The number of methoxy groups -OCH3 is 1. The van der Waals surface area contributed by atoms with Gasteiger partial charge in [0.2, 0.25) is 5.88 Å². The third kappa shape index (κ3) is 2.22. The zero-order valence-corrected chi connectivity index (χ0v) is 12.3. The first-order chi connectivity index (χ1) is 8.58. The maximum absolute atomic E-state index is 11.4. The summed E-state index contributed by atoms with van der Waals surface area (Å²) in [5.41, 5.74) is 2.12. The zero-order chi connectivity index (χ0) is 13.3. The number of ketones is 1. The van der Waals surface area contributed by atoms with Crippen molar-refractivity contribution in [2.75, 3.05) is 7.11 Å². The number of aromatic nitrogens is 1. The SMILES string of the molecule is COc1nc2ccc(C(C)=O)cc2c(Cl)c1CBr. The molecule has 0 amide bonds. The van der Waals surface area contributed by atoms with Crippen molar-refractivity contribution in [3.63, 3.8) is 0 Å². The largest absolute Gasteiger partial charge is 0.481 e. The number of halogens is 2. The molecule has 0 unspecified atom stereocenters. The first-order valence-corrected chi connectivity index (χ1v) is 6.81. The Bertz CT molecular complexity index is 628. The van der Waals surface area contributed by atoms with E-state index in [1.807, 2.05) is 0 Å². The second-order valence-electron chi connectivity index (χ2n) is 3.84. The Morgan fingerprint density at radius 2 is 2.22 bits per heavy atom. The number of ether oxygens (including phenoxy) is 1. The van der Waals surface area contributed by atoms with Crippen molar-refractivity contribution in [1.82, 2.24) is 4.98 Å². The third-order valence-electron chi connectivity index (χ3n) is 2.71. The molecule has 0 saturated heterocycles. The van der Waals surface area contributed by atoms with Crippen LogP contribution < -0.4 is 4.74 Å². The minimum atomic E-state index is 0.00387. The van der Waals surface area contributed by atoms with Crippen LogP contribution in [0.3, 0.4) is 0 Å². The number of pyridine rings is 1. The van der Waals surface area contributed by atoms with Gasteiger partial charge < -0.3 is 4.74 Å². The van der Waals surface area contributed by atoms with Gasteiger partial charge in [-0.2, -0.15) is 0 Å². The molecule has 94 valence electrons. The minimum absolute atomic E-state index is 0.00387. The number of carbonyl (C=O) groups excluding carboxylic acids is 1. The van der Waals surface area contributed by atoms with Crippen molar-refractivity contribution in [2.24, 2.45) is 0 Å². The summed E-state index contributed by atoms with van der Waals surface area (Å²) in [5, 5.41) is 1.87. The maximum Gasteiger partial charge on any atom is 0.219 e. The predicted octanol–water partition coefficient (Wildman–Crippen LogP) is 3.99. The summed E-state index contributed by atoms with van der Waals surface area (Å²) in [7, 11) is 1.56. The molecule has 0 spiro atoms. The summed E-state index contributed by atoms with van der Waals surface area (Å²) in [6, 6.07) is 5.28. The van der Waals surface area contributed by atoms with Gasteiger partial charge in [0, 0.05) is 21.8 Å². The molecule has 1 heterocycles. The first-order valence-electron chi connectivity index (χ1n) is 5.31. The molecule has 1 aromatic heterocycles. The van der Waals surface area contributed by atoms with Crippen molar-refractivity contribution in [1.29, 1.82) is 0 Å². The van der Waals surface area contributed by atoms with E-state index in [9.17, 15) is 4.79 Å². The fourth-order valence-corrected chi connectivity index (χ4v) is 2.73. The van der Waals surface area contributed by atoms with E-state index in [1.54, 1.807) is 25.3 Å². The highest BCUT2D eigenvalue weighted by Crippen LogP contribution is 2.34. The van der Waals surface area contributed by atoms with Gasteiger partial charge in [0.1, 0.15) is 0 Å². The zero-order valence-electron chi connectivity index (χ0n) is 9.96. The fourth-order valence-electron chi connectivity index (χ4n) is 1.75. The number of rotatable bonds is 3. The molecule has 0 aliphatic carbocycles. The van der Waals surface area contributed by atoms with Crippen LogP contribution in [0.5, 0.6) is 5.88 Å². The van der Waals surface area contributed by atoms with Crippen molar-refractivity contribution >= 4 is 44.2 Å². The lowest BCUT2D eigenvalue weighted by molar-refractivity contribution is 0.101. The first kappa shape index (κ1) is 13.3. The van der Waals surface area contributed by atoms with Gasteiger partial charge in [0.25, 0.3) is 0 Å². The predicted molar refractivity (Wildman–Crippen MR) is 75.9 cm³/mol. The van der Waals surface area contributed by atoms with Gasteiger partial charge in [-0.25, -0.2) is 4.98 Å². The Balaban J connectivity index is 2.78. The topological polar surface area (TPSA) is 39.2 Å². The van der Waals surface area contributed by atoms with Crippen LogP contribution in [0.25, 0.3) is 10.9 Å². The summed E-state index contributed by atoms with van der Waals surface area (Å²) in [5.74, 6) is 0.504. The molecule has 1 aromatic carbocycles. The van der Waals surface area contributed by atoms with Crippen LogP contribution >= 0.6 is 27.5 Å². The van der Waals surface area contributed by atoms with Gasteiger partial charge in [0.05, 0.1) is 17.6 Å². The number of carbonyl (C=O) groups is 1. The molecule has 18 heavy (non-hydrogen) atoms. The highest BCUT2D eigenvalue weighted by atomic mass is 79.9. The molecule has 0 bridgehead atoms. The number of alkyl halides is 1. The van der Waals surface area contributed by atoms with Crippen LogP contribution in [-0.2, 0) is 5.33 Å². The fraction of sp³-hybridized carbons (Fsp3) is 0.231. The Morgan fingerprint density at radius 3 is 2.78 bits per heavy atom. The van der Waals surface area contributed by atoms with Gasteiger partial charge in [-0.3, -0.25) is 4.79 Å². The van der Waals surface area contributed by atoms with Crippen LogP contribution in [0, 0.1) is 0 Å². The number of nitrogens with zero attached hydrogens (tertiary/aromatic N) is 1. The number of hydrogen-bond donors (Lipinski definition) is 0. The van der Waals surface area contributed by atoms with Crippen molar-refractivity contribution in [3.05, 3.63) is 34.3 Å². The molecule has 0 aliphatic rings. The number of fused-ring (bicyclic) bond motifs is 1. The van der Waals surface area contributed by atoms with Gasteiger partial charge in [0.15, 0.2) is 5.78 Å². The molecular formula is C13H11BrClNO2. The summed E-state index contributed by atoms with van der Waals surface area (Å²) in [4.78, 5) is 15.8. The van der Waals surface area contributed by atoms with E-state index >= 15 is 0 Å². The van der Waals surface area contributed by atoms with Crippen LogP contribution in [0.15, 0.2) is 18.2 Å². The molecule has 5 heteroatoms. The average molecular weight is 329 g/mol. The highest BCUT2D eigenvalue weighted by Gasteiger charge is 2.14. The molecule has 3 nitrogen and oxygen atoms in total. The number of Topliss-reactive ketones (excluding diaryl/α,β-unsaturated/α-hetero) is 1. The van der Waals surface area contributed by atoms with Crippen LogP contribution in [0.1, 0.15) is 22.8 Å². The molecule has 0 N–H and O–H groups in total. The van der Waals surface area contributed by atoms with Gasteiger partial charge in [-0.05, 0) is 25.1 Å². The monoisotopic (exact) mass is 327 g/mol. The number of hydrogen-bond acceptors (Lipinski definition) is 3. The summed E-state index contributed by atoms with van der Waals surface area (Å²) >= 11 is 9.70. The summed E-state index contributed by atoms with van der Waals surface area (Å²) in [6.07, 6.45) is 0. The minimum Gasteiger partial charge on any atom is -0.481 e. The van der Waals surface area contributed by atoms with Gasteiger partial charge in [-0.1, -0.05) is 27.5 Å². The standard InChI is InChI=1S/C13H11BrClNO2/c1-7(17)8-3-4-11-9(5-8)12(15)10(6-14)13(16-11)18-2/h3-5H,6H2,1-2H3. The normalized spacial score (nSPS) is 10.7. The Kier molecular flexibility index (Phi) is 3.88. The van der Waals surface area contributed by atoms with Gasteiger partial charge >= 0.3 is 0 Å². The highest BCUT2D eigenvalue weighted by molar-refractivity contribution is 9.08. The Labute approximate surface area is 118 Å². The van der Waals surface area contributed by atoms with Crippen LogP contribution in [0.4, 0.5) is 0 Å². The molecule has 2 rings (SSSR count). The van der Waals surface area contributed by atoms with E-state index in [2.05, 4.69) is 20.9 Å². The lowest BCUT2D eigenvalue weighted by Crippen LogP contribution is -1.98. The molecule has 2 aromatic rings. The molecule has 0 fully saturated rings. The summed E-state index contributed by atoms with van der Waals surface area (Å²) < 4.78 is 5.21. The van der Waals surface area contributed by atoms with E-state index in [-0.39, 0.29) is 5.78 Å². The third-order valence-corrected chi connectivity index (χ3v) is 3.70. The van der Waals surface area contributed by atoms with E-state index in [4.69, 9.17) is 16.3 Å². The molecular weight excluding hydrogens is 318 g/mol. The van der Waals surface area contributed by atoms with Crippen LogP contribution in [0.2, 0.25) is 5.02 Å². The van der Waals surface area contributed by atoms with Crippen molar-refractivity contribution < 1.29 is 9.53 Å². The Morgan fingerprint density at radius 1 is 1.50 bits per heavy atom. The number of benzene rings is 1. The average Bonchev–Trinajstić information content (AvgIpc) is 2.37. The molecule has 0 saturated carbocycles. The Hall–Kier alpha value is -1.13. The van der Waals surface area contributed by atoms with Crippen LogP contribution in [-0.4, -0.2) is 17.9 Å². The van der Waals surface area contributed by atoms with E-state index in [0.717, 1.165) is 10.9 Å². The van der Waals surface area contributed by atoms with E-state index in [1.165, 1.54) is 6.92 Å². The summed E-state index contributed by atoms with van der Waals surface area (Å²) in [6.45, 7) is 1.53. The maximum atomic E-state index is 11.4. The second kappa shape index (κ2) is 5.24. The molecule has 0 atom stereocenters.